The number of aliphatic carboxylic acids is 1. The maximum Gasteiger partial charge on any atom is 0.408 e. The molecule has 102 valence electrons. The fourth-order valence-corrected chi connectivity index (χ4v) is 1.21. The van der Waals surface area contributed by atoms with E-state index in [9.17, 15) is 9.59 Å². The van der Waals surface area contributed by atoms with E-state index >= 15 is 0 Å². The first-order valence-electron chi connectivity index (χ1n) is 5.60. The minimum atomic E-state index is -1.19. The van der Waals surface area contributed by atoms with Gasteiger partial charge in [0, 0.05) is 0 Å². The van der Waals surface area contributed by atoms with E-state index in [0.29, 0.717) is 0 Å². The third-order valence-corrected chi connectivity index (χ3v) is 2.01. The normalized spacial score (nSPS) is 13.3. The summed E-state index contributed by atoms with van der Waals surface area (Å²) in [6, 6.07) is 0.849. The number of ether oxygens (including phenoxy) is 1. The van der Waals surface area contributed by atoms with Gasteiger partial charge in [0.15, 0.2) is 0 Å². The van der Waals surface area contributed by atoms with Crippen molar-refractivity contribution in [2.24, 2.45) is 5.41 Å². The van der Waals surface area contributed by atoms with Crippen molar-refractivity contribution in [3.05, 3.63) is 0 Å². The van der Waals surface area contributed by atoms with Crippen LogP contribution in [0.3, 0.4) is 0 Å². The number of amides is 1. The summed E-state index contributed by atoms with van der Waals surface area (Å²) in [5, 5.41) is 20.1. The zero-order valence-electron chi connectivity index (χ0n) is 11.4. The largest absolute Gasteiger partial charge is 0.480 e. The van der Waals surface area contributed by atoms with Crippen LogP contribution >= 0.6 is 0 Å². The Balaban J connectivity index is 4.62. The number of nitriles is 1. The molecule has 0 aromatic carbocycles. The van der Waals surface area contributed by atoms with E-state index < -0.39 is 29.1 Å². The molecule has 0 aliphatic rings. The van der Waals surface area contributed by atoms with Gasteiger partial charge in [0.1, 0.15) is 11.6 Å². The highest BCUT2D eigenvalue weighted by atomic mass is 16.6. The first kappa shape index (κ1) is 16.2. The van der Waals surface area contributed by atoms with Crippen LogP contribution in [0.15, 0.2) is 0 Å². The quantitative estimate of drug-likeness (QED) is 0.800. The second kappa shape index (κ2) is 5.71. The molecule has 0 radical (unpaired) electrons. The SMILES string of the molecule is CC(C)(C#N)CC(NC(=O)OC(C)(C)C)C(=O)O. The molecule has 0 rings (SSSR count). The highest BCUT2D eigenvalue weighted by Crippen LogP contribution is 2.21. The van der Waals surface area contributed by atoms with Crippen molar-refractivity contribution in [1.82, 2.24) is 5.32 Å². The summed E-state index contributed by atoms with van der Waals surface area (Å²) in [5.41, 5.74) is -1.53. The Bertz CT molecular complexity index is 363. The molecule has 0 spiro atoms. The van der Waals surface area contributed by atoms with E-state index in [0.717, 1.165) is 0 Å². The number of hydrogen-bond acceptors (Lipinski definition) is 4. The van der Waals surface area contributed by atoms with Gasteiger partial charge in [-0.2, -0.15) is 5.26 Å². The number of alkyl carbamates (subject to hydrolysis) is 1. The predicted octanol–water partition coefficient (Wildman–Crippen LogP) is 1.90. The Morgan fingerprint density at radius 2 is 1.83 bits per heavy atom. The van der Waals surface area contributed by atoms with Gasteiger partial charge < -0.3 is 15.2 Å². The minimum Gasteiger partial charge on any atom is -0.480 e. The molecule has 6 nitrogen and oxygen atoms in total. The fraction of sp³-hybridized carbons (Fsp3) is 0.750. The Kier molecular flexibility index (Phi) is 5.15. The van der Waals surface area contributed by atoms with Crippen molar-refractivity contribution >= 4 is 12.1 Å². The summed E-state index contributed by atoms with van der Waals surface area (Å²) in [6.07, 6.45) is -0.790. The van der Waals surface area contributed by atoms with Crippen LogP contribution in [0, 0.1) is 16.7 Å². The summed E-state index contributed by atoms with van der Waals surface area (Å²) < 4.78 is 4.97. The summed E-state index contributed by atoms with van der Waals surface area (Å²) >= 11 is 0. The van der Waals surface area contributed by atoms with Crippen molar-refractivity contribution in [2.45, 2.75) is 52.7 Å². The number of carbonyl (C=O) groups is 2. The standard InChI is InChI=1S/C12H20N2O4/c1-11(2,3)18-10(17)14-8(9(15)16)6-12(4,5)7-13/h8H,6H2,1-5H3,(H,14,17)(H,15,16). The van der Waals surface area contributed by atoms with Crippen molar-refractivity contribution in [3.63, 3.8) is 0 Å². The van der Waals surface area contributed by atoms with Gasteiger partial charge in [-0.25, -0.2) is 9.59 Å². The van der Waals surface area contributed by atoms with Gasteiger partial charge in [0.2, 0.25) is 0 Å². The fourth-order valence-electron chi connectivity index (χ4n) is 1.21. The zero-order valence-corrected chi connectivity index (χ0v) is 11.4. The molecule has 0 fully saturated rings. The molecule has 0 aliphatic carbocycles. The molecule has 1 unspecified atom stereocenters. The van der Waals surface area contributed by atoms with Crippen molar-refractivity contribution in [1.29, 1.82) is 5.26 Å². The molecule has 0 aromatic heterocycles. The molecule has 0 heterocycles. The zero-order chi connectivity index (χ0) is 14.6. The number of rotatable bonds is 4. The summed E-state index contributed by atoms with van der Waals surface area (Å²) in [5.74, 6) is -1.19. The summed E-state index contributed by atoms with van der Waals surface area (Å²) in [4.78, 5) is 22.5. The molecular weight excluding hydrogens is 236 g/mol. The average Bonchev–Trinajstić information content (AvgIpc) is 2.13. The lowest BCUT2D eigenvalue weighted by atomic mass is 9.87. The van der Waals surface area contributed by atoms with Crippen LogP contribution in [0.25, 0.3) is 0 Å². The average molecular weight is 256 g/mol. The van der Waals surface area contributed by atoms with Crippen LogP contribution in [0.4, 0.5) is 4.79 Å². The van der Waals surface area contributed by atoms with Gasteiger partial charge in [-0.3, -0.25) is 0 Å². The van der Waals surface area contributed by atoms with Crippen LogP contribution in [-0.4, -0.2) is 28.8 Å². The number of hydrogen-bond donors (Lipinski definition) is 2. The molecule has 0 aromatic rings. The molecular formula is C12H20N2O4. The van der Waals surface area contributed by atoms with Crippen molar-refractivity contribution < 1.29 is 19.4 Å². The molecule has 2 N–H and O–H groups in total. The van der Waals surface area contributed by atoms with Gasteiger partial charge in [-0.1, -0.05) is 0 Å². The van der Waals surface area contributed by atoms with Crippen LogP contribution in [0.1, 0.15) is 41.0 Å². The van der Waals surface area contributed by atoms with E-state index in [2.05, 4.69) is 5.32 Å². The highest BCUT2D eigenvalue weighted by molar-refractivity contribution is 5.80. The van der Waals surface area contributed by atoms with E-state index in [1.165, 1.54) is 0 Å². The monoisotopic (exact) mass is 256 g/mol. The van der Waals surface area contributed by atoms with E-state index in [4.69, 9.17) is 15.1 Å². The summed E-state index contributed by atoms with van der Waals surface area (Å²) in [7, 11) is 0. The van der Waals surface area contributed by atoms with Crippen LogP contribution in [0.5, 0.6) is 0 Å². The van der Waals surface area contributed by atoms with Crippen LogP contribution in [0.2, 0.25) is 0 Å². The molecule has 0 saturated heterocycles. The van der Waals surface area contributed by atoms with Gasteiger partial charge >= 0.3 is 12.1 Å². The molecule has 1 atom stereocenters. The third kappa shape index (κ3) is 6.74. The molecule has 1 amide bonds. The number of carboxylic acid groups (broad SMARTS) is 1. The van der Waals surface area contributed by atoms with Gasteiger partial charge in [0.05, 0.1) is 11.5 Å². The Hall–Kier alpha value is -1.77. The van der Waals surface area contributed by atoms with E-state index in [-0.39, 0.29) is 6.42 Å². The molecule has 6 heteroatoms. The number of carboxylic acids is 1. The highest BCUT2D eigenvalue weighted by Gasteiger charge is 2.30. The van der Waals surface area contributed by atoms with Crippen LogP contribution < -0.4 is 5.32 Å². The number of nitrogens with zero attached hydrogens (tertiary/aromatic N) is 1. The maximum absolute atomic E-state index is 11.5. The first-order valence-corrected chi connectivity index (χ1v) is 5.60. The second-order valence-corrected chi connectivity index (χ2v) is 5.74. The predicted molar refractivity (Wildman–Crippen MR) is 64.8 cm³/mol. The Morgan fingerprint density at radius 1 is 1.33 bits per heavy atom. The van der Waals surface area contributed by atoms with E-state index in [1.54, 1.807) is 34.6 Å². The lowest BCUT2D eigenvalue weighted by molar-refractivity contribution is -0.140. The van der Waals surface area contributed by atoms with Crippen LogP contribution in [-0.2, 0) is 9.53 Å². The lowest BCUT2D eigenvalue weighted by Crippen LogP contribution is -2.45. The Morgan fingerprint density at radius 3 is 2.17 bits per heavy atom. The lowest BCUT2D eigenvalue weighted by Gasteiger charge is -2.24. The topological polar surface area (TPSA) is 99.4 Å². The maximum atomic E-state index is 11.5. The molecule has 0 saturated carbocycles. The first-order chi connectivity index (χ1) is 7.97. The van der Waals surface area contributed by atoms with E-state index in [1.807, 2.05) is 6.07 Å². The third-order valence-electron chi connectivity index (χ3n) is 2.01. The minimum absolute atomic E-state index is 0.0120. The number of nitrogens with one attached hydrogen (secondary N) is 1. The molecule has 18 heavy (non-hydrogen) atoms. The van der Waals surface area contributed by atoms with Crippen molar-refractivity contribution in [3.8, 4) is 6.07 Å². The van der Waals surface area contributed by atoms with Gasteiger partial charge in [-0.15, -0.1) is 0 Å². The van der Waals surface area contributed by atoms with Gasteiger partial charge in [0.25, 0.3) is 0 Å². The van der Waals surface area contributed by atoms with Gasteiger partial charge in [-0.05, 0) is 41.0 Å². The molecule has 0 bridgehead atoms. The number of carbonyl (C=O) groups excluding carboxylic acids is 1. The Labute approximate surface area is 107 Å². The summed E-state index contributed by atoms with van der Waals surface area (Å²) in [6.45, 7) is 8.27. The molecule has 0 aliphatic heterocycles. The second-order valence-electron chi connectivity index (χ2n) is 5.74. The van der Waals surface area contributed by atoms with Crippen molar-refractivity contribution in [2.75, 3.05) is 0 Å². The smallest absolute Gasteiger partial charge is 0.408 e.